The van der Waals surface area contributed by atoms with Gasteiger partial charge in [-0.3, -0.25) is 9.80 Å². The van der Waals surface area contributed by atoms with Gasteiger partial charge in [0.2, 0.25) is 0 Å². The third-order valence-corrected chi connectivity index (χ3v) is 6.40. The summed E-state index contributed by atoms with van der Waals surface area (Å²) in [5.74, 6) is 0.604. The first kappa shape index (κ1) is 22.3. The number of methoxy groups -OCH3 is 1. The summed E-state index contributed by atoms with van der Waals surface area (Å²) in [6, 6.07) is 22.8. The van der Waals surface area contributed by atoms with E-state index in [0.29, 0.717) is 28.7 Å². The Morgan fingerprint density at radius 1 is 1.12 bits per heavy atom. The van der Waals surface area contributed by atoms with Crippen LogP contribution in [0.3, 0.4) is 0 Å². The number of ether oxygens (including phenoxy) is 1. The normalized spacial score (nSPS) is 15.4. The largest absolute Gasteiger partial charge is 0.497 e. The number of amides is 1. The van der Waals surface area contributed by atoms with Crippen LogP contribution in [0.15, 0.2) is 77.9 Å². The van der Waals surface area contributed by atoms with Crippen LogP contribution >= 0.6 is 23.2 Å². The van der Waals surface area contributed by atoms with Gasteiger partial charge in [-0.15, -0.1) is 0 Å². The highest BCUT2D eigenvalue weighted by atomic mass is 35.5. The summed E-state index contributed by atoms with van der Waals surface area (Å²) >= 11 is 12.6. The average molecular weight is 493 g/mol. The SMILES string of the molecule is COc1ccc(C2CC(CNC(=O)c3cc4ccccc4[nH]3)=NN2c2ccc(Cl)cc2Cl)cc1. The highest BCUT2D eigenvalue weighted by molar-refractivity contribution is 6.36. The quantitative estimate of drug-likeness (QED) is 0.335. The van der Waals surface area contributed by atoms with Gasteiger partial charge in [0, 0.05) is 22.3 Å². The first-order chi connectivity index (χ1) is 16.5. The summed E-state index contributed by atoms with van der Waals surface area (Å²) in [7, 11) is 1.64. The van der Waals surface area contributed by atoms with Crippen molar-refractivity contribution in [1.82, 2.24) is 10.3 Å². The van der Waals surface area contributed by atoms with Crippen LogP contribution in [0.2, 0.25) is 10.0 Å². The maximum absolute atomic E-state index is 12.8. The van der Waals surface area contributed by atoms with Crippen LogP contribution in [0.4, 0.5) is 5.69 Å². The Balaban J connectivity index is 1.38. The van der Waals surface area contributed by atoms with Gasteiger partial charge < -0.3 is 15.0 Å². The fourth-order valence-corrected chi connectivity index (χ4v) is 4.62. The molecule has 1 atom stereocenters. The molecule has 5 rings (SSSR count). The molecule has 2 heterocycles. The summed E-state index contributed by atoms with van der Waals surface area (Å²) in [6.45, 7) is 0.322. The molecule has 8 heteroatoms. The van der Waals surface area contributed by atoms with Crippen LogP contribution < -0.4 is 15.1 Å². The van der Waals surface area contributed by atoms with E-state index in [9.17, 15) is 4.79 Å². The number of carbonyl (C=O) groups excluding carboxylic acids is 1. The van der Waals surface area contributed by atoms with Gasteiger partial charge in [0.25, 0.3) is 5.91 Å². The number of carbonyl (C=O) groups is 1. The van der Waals surface area contributed by atoms with Crippen molar-refractivity contribution in [3.8, 4) is 5.75 Å². The molecule has 172 valence electrons. The summed E-state index contributed by atoms with van der Waals surface area (Å²) in [5.41, 5.74) is 4.10. The summed E-state index contributed by atoms with van der Waals surface area (Å²) in [6.07, 6.45) is 0.637. The van der Waals surface area contributed by atoms with Gasteiger partial charge in [-0.1, -0.05) is 53.5 Å². The number of hydrazone groups is 1. The van der Waals surface area contributed by atoms with E-state index in [1.165, 1.54) is 0 Å². The number of halogens is 2. The van der Waals surface area contributed by atoms with Crippen molar-refractivity contribution < 1.29 is 9.53 Å². The van der Waals surface area contributed by atoms with Crippen LogP contribution in [-0.2, 0) is 0 Å². The Hall–Kier alpha value is -3.48. The maximum Gasteiger partial charge on any atom is 0.268 e. The lowest BCUT2D eigenvalue weighted by Gasteiger charge is -2.25. The fraction of sp³-hybridized carbons (Fsp3) is 0.154. The molecule has 0 fully saturated rings. The van der Waals surface area contributed by atoms with E-state index < -0.39 is 0 Å². The number of rotatable bonds is 6. The molecule has 0 saturated heterocycles. The Bertz CT molecular complexity index is 1350. The Labute approximate surface area is 207 Å². The number of nitrogens with zero attached hydrogens (tertiary/aromatic N) is 2. The number of hydrogen-bond donors (Lipinski definition) is 2. The number of para-hydroxylation sites is 1. The second-order valence-electron chi connectivity index (χ2n) is 8.05. The van der Waals surface area contributed by atoms with Crippen molar-refractivity contribution in [3.05, 3.63) is 94.1 Å². The van der Waals surface area contributed by atoms with Gasteiger partial charge in [-0.05, 0) is 48.0 Å². The number of nitrogens with one attached hydrogen (secondary N) is 2. The molecule has 0 spiro atoms. The second kappa shape index (κ2) is 9.41. The molecule has 4 aromatic rings. The third kappa shape index (κ3) is 4.47. The zero-order chi connectivity index (χ0) is 23.7. The zero-order valence-electron chi connectivity index (χ0n) is 18.4. The van der Waals surface area contributed by atoms with Crippen LogP contribution in [0, 0.1) is 0 Å². The Morgan fingerprint density at radius 3 is 2.65 bits per heavy atom. The van der Waals surface area contributed by atoms with Gasteiger partial charge in [-0.25, -0.2) is 0 Å². The minimum Gasteiger partial charge on any atom is -0.497 e. The monoisotopic (exact) mass is 492 g/mol. The molecule has 1 aliphatic rings. The molecule has 3 aromatic carbocycles. The van der Waals surface area contributed by atoms with E-state index in [4.69, 9.17) is 33.0 Å². The Kier molecular flexibility index (Phi) is 6.18. The molecule has 1 unspecified atom stereocenters. The molecule has 34 heavy (non-hydrogen) atoms. The first-order valence-corrected chi connectivity index (χ1v) is 11.6. The van der Waals surface area contributed by atoms with E-state index in [1.807, 2.05) is 65.7 Å². The molecule has 0 radical (unpaired) electrons. The number of hydrogen-bond acceptors (Lipinski definition) is 4. The molecule has 0 aliphatic carbocycles. The molecule has 0 bridgehead atoms. The van der Waals surface area contributed by atoms with Crippen molar-refractivity contribution in [2.75, 3.05) is 18.7 Å². The number of aromatic nitrogens is 1. The number of fused-ring (bicyclic) bond motifs is 1. The molecular formula is C26H22Cl2N4O2. The van der Waals surface area contributed by atoms with Gasteiger partial charge in [0.1, 0.15) is 11.4 Å². The zero-order valence-corrected chi connectivity index (χ0v) is 19.9. The summed E-state index contributed by atoms with van der Waals surface area (Å²) < 4.78 is 5.30. The lowest BCUT2D eigenvalue weighted by Crippen LogP contribution is -2.29. The lowest BCUT2D eigenvalue weighted by molar-refractivity contribution is 0.0955. The Morgan fingerprint density at radius 2 is 1.91 bits per heavy atom. The number of benzene rings is 3. The average Bonchev–Trinajstić information content (AvgIpc) is 3.47. The van der Waals surface area contributed by atoms with Crippen LogP contribution in [0.5, 0.6) is 5.75 Å². The van der Waals surface area contributed by atoms with E-state index in [1.54, 1.807) is 19.2 Å². The minimum absolute atomic E-state index is 0.0791. The van der Waals surface area contributed by atoms with E-state index in [-0.39, 0.29) is 11.9 Å². The van der Waals surface area contributed by atoms with Gasteiger partial charge >= 0.3 is 0 Å². The first-order valence-electron chi connectivity index (χ1n) is 10.8. The predicted octanol–water partition coefficient (Wildman–Crippen LogP) is 6.22. The van der Waals surface area contributed by atoms with Gasteiger partial charge in [0.05, 0.1) is 36.1 Å². The molecular weight excluding hydrogens is 471 g/mol. The maximum atomic E-state index is 12.8. The highest BCUT2D eigenvalue weighted by Crippen LogP contribution is 2.39. The summed E-state index contributed by atoms with van der Waals surface area (Å²) in [4.78, 5) is 15.9. The molecule has 0 saturated carbocycles. The number of anilines is 1. The van der Waals surface area contributed by atoms with E-state index in [0.717, 1.165) is 33.6 Å². The smallest absolute Gasteiger partial charge is 0.268 e. The topological polar surface area (TPSA) is 69.7 Å². The van der Waals surface area contributed by atoms with Crippen LogP contribution in [0.25, 0.3) is 10.9 Å². The van der Waals surface area contributed by atoms with Crippen molar-refractivity contribution in [3.63, 3.8) is 0 Å². The van der Waals surface area contributed by atoms with E-state index >= 15 is 0 Å². The molecule has 2 N–H and O–H groups in total. The van der Waals surface area contributed by atoms with E-state index in [2.05, 4.69) is 10.3 Å². The van der Waals surface area contributed by atoms with Crippen LogP contribution in [0.1, 0.15) is 28.5 Å². The lowest BCUT2D eigenvalue weighted by atomic mass is 10.0. The molecule has 1 aromatic heterocycles. The third-order valence-electron chi connectivity index (χ3n) is 5.86. The van der Waals surface area contributed by atoms with Gasteiger partial charge in [0.15, 0.2) is 0 Å². The molecule has 6 nitrogen and oxygen atoms in total. The van der Waals surface area contributed by atoms with Gasteiger partial charge in [-0.2, -0.15) is 5.10 Å². The highest BCUT2D eigenvalue weighted by Gasteiger charge is 2.30. The second-order valence-corrected chi connectivity index (χ2v) is 8.90. The molecule has 1 aliphatic heterocycles. The minimum atomic E-state index is -0.178. The van der Waals surface area contributed by atoms with Crippen molar-refractivity contribution >= 4 is 51.4 Å². The van der Waals surface area contributed by atoms with Crippen LogP contribution in [-0.4, -0.2) is 30.3 Å². The predicted molar refractivity (Wildman–Crippen MR) is 137 cm³/mol. The van der Waals surface area contributed by atoms with Crippen molar-refractivity contribution in [1.29, 1.82) is 0 Å². The molecule has 1 amide bonds. The van der Waals surface area contributed by atoms with Crippen molar-refractivity contribution in [2.24, 2.45) is 5.10 Å². The van der Waals surface area contributed by atoms with Crippen molar-refractivity contribution in [2.45, 2.75) is 12.5 Å². The fourth-order valence-electron chi connectivity index (χ4n) is 4.13. The summed E-state index contributed by atoms with van der Waals surface area (Å²) in [5, 5.41) is 11.8. The standard InChI is InChI=1S/C26H22Cl2N4O2/c1-34-20-9-6-16(7-10-20)25-14-19(31-32(25)24-11-8-18(27)13-21(24)28)15-29-26(33)23-12-17-4-2-3-5-22(17)30-23/h2-13,25,30H,14-15H2,1H3,(H,29,33). The number of aromatic amines is 1. The number of H-pyrrole nitrogens is 1.